The molecule has 3 N–H and O–H groups in total. The third kappa shape index (κ3) is 5.06. The maximum absolute atomic E-state index is 12.7. The van der Waals surface area contributed by atoms with E-state index < -0.39 is 6.04 Å². The first-order valence-corrected chi connectivity index (χ1v) is 8.76. The van der Waals surface area contributed by atoms with Crippen molar-refractivity contribution in [3.05, 3.63) is 35.9 Å². The quantitative estimate of drug-likeness (QED) is 0.764. The Labute approximate surface area is 144 Å². The van der Waals surface area contributed by atoms with E-state index in [-0.39, 0.29) is 30.3 Å². The van der Waals surface area contributed by atoms with Gasteiger partial charge in [0.25, 0.3) is 0 Å². The molecular weight excluding hydrogens is 302 g/mol. The minimum atomic E-state index is -0.582. The van der Waals surface area contributed by atoms with Gasteiger partial charge in [-0.15, -0.1) is 0 Å². The van der Waals surface area contributed by atoms with E-state index >= 15 is 0 Å². The zero-order valence-corrected chi connectivity index (χ0v) is 14.9. The van der Waals surface area contributed by atoms with Crippen molar-refractivity contribution in [2.45, 2.75) is 52.2 Å². The van der Waals surface area contributed by atoms with Crippen molar-refractivity contribution < 1.29 is 9.59 Å². The summed E-state index contributed by atoms with van der Waals surface area (Å²) in [4.78, 5) is 26.6. The molecular formula is C19H29N3O2. The number of carbonyl (C=O) groups is 2. The molecule has 0 radical (unpaired) electrons. The average Bonchev–Trinajstić information content (AvgIpc) is 3.41. The number of carbonyl (C=O) groups excluding carboxylic acids is 2. The summed E-state index contributed by atoms with van der Waals surface area (Å²) < 4.78 is 0. The van der Waals surface area contributed by atoms with Crippen LogP contribution in [0.5, 0.6) is 0 Å². The molecule has 1 aromatic carbocycles. The number of hydrogen-bond donors (Lipinski definition) is 2. The Morgan fingerprint density at radius 1 is 1.21 bits per heavy atom. The fraction of sp³-hybridized carbons (Fsp3) is 0.579. The van der Waals surface area contributed by atoms with Crippen LogP contribution in [0.3, 0.4) is 0 Å². The summed E-state index contributed by atoms with van der Waals surface area (Å²) in [6.45, 7) is 6.46. The number of hydrogen-bond acceptors (Lipinski definition) is 3. The molecule has 1 aromatic rings. The number of nitrogens with one attached hydrogen (secondary N) is 1. The highest BCUT2D eigenvalue weighted by molar-refractivity contribution is 5.87. The molecule has 0 heterocycles. The summed E-state index contributed by atoms with van der Waals surface area (Å²) >= 11 is 0. The Kier molecular flexibility index (Phi) is 6.37. The Morgan fingerprint density at radius 3 is 2.38 bits per heavy atom. The van der Waals surface area contributed by atoms with E-state index in [0.29, 0.717) is 12.5 Å². The topological polar surface area (TPSA) is 75.4 Å². The van der Waals surface area contributed by atoms with Crippen LogP contribution in [0.15, 0.2) is 30.3 Å². The smallest absolute Gasteiger partial charge is 0.242 e. The molecule has 2 atom stereocenters. The van der Waals surface area contributed by atoms with Crippen LogP contribution < -0.4 is 11.1 Å². The third-order valence-electron chi connectivity index (χ3n) is 4.75. The van der Waals surface area contributed by atoms with E-state index in [1.54, 1.807) is 0 Å². The molecule has 0 spiro atoms. The largest absolute Gasteiger partial charge is 0.346 e. The van der Waals surface area contributed by atoms with Crippen molar-refractivity contribution >= 4 is 11.8 Å². The van der Waals surface area contributed by atoms with Gasteiger partial charge in [0.2, 0.25) is 11.8 Å². The van der Waals surface area contributed by atoms with Crippen LogP contribution in [-0.2, 0) is 16.1 Å². The van der Waals surface area contributed by atoms with Crippen molar-refractivity contribution in [2.24, 2.45) is 17.6 Å². The van der Waals surface area contributed by atoms with Crippen LogP contribution in [0.2, 0.25) is 0 Å². The predicted molar refractivity (Wildman–Crippen MR) is 95.0 cm³/mol. The summed E-state index contributed by atoms with van der Waals surface area (Å²) in [6.07, 6.45) is 2.34. The molecule has 0 bridgehead atoms. The molecule has 1 saturated carbocycles. The number of nitrogens with zero attached hydrogens (tertiary/aromatic N) is 1. The lowest BCUT2D eigenvalue weighted by Crippen LogP contribution is -2.49. The van der Waals surface area contributed by atoms with E-state index in [0.717, 1.165) is 5.56 Å². The summed E-state index contributed by atoms with van der Waals surface area (Å²) in [5.41, 5.74) is 6.93. The van der Waals surface area contributed by atoms with E-state index in [9.17, 15) is 9.59 Å². The first-order chi connectivity index (χ1) is 11.4. The first kappa shape index (κ1) is 18.5. The van der Waals surface area contributed by atoms with Crippen LogP contribution in [-0.4, -0.2) is 35.3 Å². The van der Waals surface area contributed by atoms with Gasteiger partial charge in [-0.05, 0) is 37.2 Å². The van der Waals surface area contributed by atoms with Gasteiger partial charge in [0.05, 0.1) is 12.6 Å². The second kappa shape index (κ2) is 8.29. The van der Waals surface area contributed by atoms with E-state index in [2.05, 4.69) is 12.2 Å². The van der Waals surface area contributed by atoms with Gasteiger partial charge in [-0.1, -0.05) is 44.2 Å². The molecule has 2 rings (SSSR count). The normalized spacial score (nSPS) is 16.5. The molecule has 5 nitrogen and oxygen atoms in total. The van der Waals surface area contributed by atoms with E-state index in [1.165, 1.54) is 12.8 Å². The van der Waals surface area contributed by atoms with Crippen molar-refractivity contribution in [1.82, 2.24) is 10.2 Å². The van der Waals surface area contributed by atoms with Crippen LogP contribution in [0.1, 0.15) is 39.2 Å². The second-order valence-electron chi connectivity index (χ2n) is 7.07. The number of rotatable bonds is 8. The second-order valence-corrected chi connectivity index (χ2v) is 7.07. The fourth-order valence-electron chi connectivity index (χ4n) is 2.76. The lowest BCUT2D eigenvalue weighted by Gasteiger charge is -2.30. The maximum Gasteiger partial charge on any atom is 0.242 e. The van der Waals surface area contributed by atoms with E-state index in [4.69, 9.17) is 5.73 Å². The highest BCUT2D eigenvalue weighted by atomic mass is 16.2. The number of nitrogens with two attached hydrogens (primary N) is 1. The van der Waals surface area contributed by atoms with Gasteiger partial charge in [-0.25, -0.2) is 0 Å². The summed E-state index contributed by atoms with van der Waals surface area (Å²) in [7, 11) is 0. The molecule has 5 heteroatoms. The predicted octanol–water partition coefficient (Wildman–Crippen LogP) is 1.91. The molecule has 1 aliphatic rings. The zero-order valence-electron chi connectivity index (χ0n) is 14.9. The highest BCUT2D eigenvalue weighted by Gasteiger charge is 2.34. The molecule has 0 aliphatic heterocycles. The van der Waals surface area contributed by atoms with Crippen LogP contribution in [0.4, 0.5) is 0 Å². The van der Waals surface area contributed by atoms with Crippen molar-refractivity contribution in [1.29, 1.82) is 0 Å². The van der Waals surface area contributed by atoms with Gasteiger partial charge in [-0.2, -0.15) is 0 Å². The lowest BCUT2D eigenvalue weighted by molar-refractivity contribution is -0.136. The minimum absolute atomic E-state index is 0.00312. The fourth-order valence-corrected chi connectivity index (χ4v) is 2.76. The van der Waals surface area contributed by atoms with Gasteiger partial charge in [0.15, 0.2) is 0 Å². The Hall–Kier alpha value is -1.88. The Balaban J connectivity index is 1.98. The third-order valence-corrected chi connectivity index (χ3v) is 4.75. The maximum atomic E-state index is 12.7. The van der Waals surface area contributed by atoms with Crippen molar-refractivity contribution in [2.75, 3.05) is 6.54 Å². The van der Waals surface area contributed by atoms with Crippen LogP contribution in [0, 0.1) is 11.8 Å². The molecule has 1 unspecified atom stereocenters. The van der Waals surface area contributed by atoms with Gasteiger partial charge in [0.1, 0.15) is 0 Å². The minimum Gasteiger partial charge on any atom is -0.346 e. The summed E-state index contributed by atoms with van der Waals surface area (Å²) in [6, 6.07) is 9.56. The average molecular weight is 331 g/mol. The van der Waals surface area contributed by atoms with Gasteiger partial charge in [0, 0.05) is 12.6 Å². The van der Waals surface area contributed by atoms with Crippen molar-refractivity contribution in [3.63, 3.8) is 0 Å². The zero-order chi connectivity index (χ0) is 17.7. The van der Waals surface area contributed by atoms with Crippen LogP contribution in [0.25, 0.3) is 0 Å². The molecule has 0 saturated heterocycles. The first-order valence-electron chi connectivity index (χ1n) is 8.76. The van der Waals surface area contributed by atoms with E-state index in [1.807, 2.05) is 49.1 Å². The van der Waals surface area contributed by atoms with Gasteiger partial charge in [-0.3, -0.25) is 9.59 Å². The molecule has 0 aromatic heterocycles. The Morgan fingerprint density at radius 2 is 1.83 bits per heavy atom. The monoisotopic (exact) mass is 331 g/mol. The molecule has 132 valence electrons. The standard InChI is InChI=1S/C19H29N3O2/c1-13(2)18(20)19(24)21-11-17(23)22(14(3)16-9-10-16)12-15-7-5-4-6-8-15/h4-8,13-14,16,18H,9-12,20H2,1-3H3,(H,21,24)/t14?,18-/m0/s1. The van der Waals surface area contributed by atoms with Crippen LogP contribution >= 0.6 is 0 Å². The summed E-state index contributed by atoms with van der Waals surface area (Å²) in [5, 5.41) is 2.69. The number of benzene rings is 1. The van der Waals surface area contributed by atoms with Gasteiger partial charge < -0.3 is 16.0 Å². The molecule has 24 heavy (non-hydrogen) atoms. The molecule has 1 aliphatic carbocycles. The highest BCUT2D eigenvalue weighted by Crippen LogP contribution is 2.35. The summed E-state index contributed by atoms with van der Waals surface area (Å²) in [5.74, 6) is 0.303. The lowest BCUT2D eigenvalue weighted by atomic mass is 10.1. The Bertz CT molecular complexity index is 555. The molecule has 1 fully saturated rings. The molecule has 2 amide bonds. The van der Waals surface area contributed by atoms with Gasteiger partial charge >= 0.3 is 0 Å². The van der Waals surface area contributed by atoms with Crippen molar-refractivity contribution in [3.8, 4) is 0 Å². The SMILES string of the molecule is CC(C)[C@H](N)C(=O)NCC(=O)N(Cc1ccccc1)C(C)C1CC1. The number of amides is 2.